The molecule has 1 saturated heterocycles. The third-order valence-corrected chi connectivity index (χ3v) is 4.97. The molecule has 0 unspecified atom stereocenters. The largest absolute Gasteiger partial charge is 0.392 e. The molecule has 2 fully saturated rings. The summed E-state index contributed by atoms with van der Waals surface area (Å²) in [5.41, 5.74) is 4.26. The standard InChI is InChI=1S/C14H24N2O3S/c1-10-7-14(8-10,11(15)20)12(17)16(2)9-13(18)3-5-19-6-4-13/h10,18H,3-9H2,1-2H3,(H2,15,20). The second-order valence-electron chi connectivity index (χ2n) is 6.46. The van der Waals surface area contributed by atoms with Gasteiger partial charge >= 0.3 is 0 Å². The molecule has 0 bridgehead atoms. The van der Waals surface area contributed by atoms with Gasteiger partial charge < -0.3 is 20.5 Å². The Kier molecular flexibility index (Phi) is 4.37. The lowest BCUT2D eigenvalue weighted by Gasteiger charge is -2.47. The molecule has 0 atom stereocenters. The Hall–Kier alpha value is -0.720. The molecule has 1 aliphatic carbocycles. The maximum atomic E-state index is 12.7. The quantitative estimate of drug-likeness (QED) is 0.747. The van der Waals surface area contributed by atoms with Gasteiger partial charge in [0.05, 0.1) is 16.0 Å². The highest BCUT2D eigenvalue weighted by molar-refractivity contribution is 7.80. The normalized spacial score (nSPS) is 32.2. The van der Waals surface area contributed by atoms with Crippen molar-refractivity contribution in [3.63, 3.8) is 0 Å². The molecule has 0 aromatic heterocycles. The van der Waals surface area contributed by atoms with E-state index in [9.17, 15) is 9.90 Å². The van der Waals surface area contributed by atoms with E-state index >= 15 is 0 Å². The minimum Gasteiger partial charge on any atom is -0.392 e. The van der Waals surface area contributed by atoms with Crippen molar-refractivity contribution in [2.75, 3.05) is 26.8 Å². The van der Waals surface area contributed by atoms with Crippen LogP contribution in [0.2, 0.25) is 0 Å². The van der Waals surface area contributed by atoms with E-state index in [4.69, 9.17) is 22.7 Å². The highest BCUT2D eigenvalue weighted by Gasteiger charge is 2.52. The molecule has 0 aromatic rings. The van der Waals surface area contributed by atoms with Gasteiger partial charge in [-0.1, -0.05) is 19.1 Å². The molecule has 3 N–H and O–H groups in total. The minimum absolute atomic E-state index is 0.0528. The average molecular weight is 300 g/mol. The van der Waals surface area contributed by atoms with Crippen LogP contribution in [0.25, 0.3) is 0 Å². The van der Waals surface area contributed by atoms with Gasteiger partial charge in [0.2, 0.25) is 5.91 Å². The molecule has 0 aromatic carbocycles. The number of hydrogen-bond donors (Lipinski definition) is 2. The second-order valence-corrected chi connectivity index (χ2v) is 6.90. The van der Waals surface area contributed by atoms with Gasteiger partial charge in [-0.2, -0.15) is 0 Å². The zero-order valence-electron chi connectivity index (χ0n) is 12.2. The Balaban J connectivity index is 2.02. The van der Waals surface area contributed by atoms with Gasteiger partial charge in [-0.25, -0.2) is 0 Å². The van der Waals surface area contributed by atoms with Gasteiger partial charge in [0.25, 0.3) is 0 Å². The molecule has 2 aliphatic rings. The van der Waals surface area contributed by atoms with Crippen LogP contribution in [0.4, 0.5) is 0 Å². The number of carbonyl (C=O) groups excluding carboxylic acids is 1. The molecule has 1 heterocycles. The summed E-state index contributed by atoms with van der Waals surface area (Å²) in [5.74, 6) is 0.419. The summed E-state index contributed by atoms with van der Waals surface area (Å²) in [6.45, 7) is 3.48. The van der Waals surface area contributed by atoms with Crippen molar-refractivity contribution in [2.24, 2.45) is 17.1 Å². The third-order valence-electron chi connectivity index (χ3n) is 4.58. The van der Waals surface area contributed by atoms with E-state index in [1.165, 1.54) is 0 Å². The van der Waals surface area contributed by atoms with E-state index < -0.39 is 11.0 Å². The van der Waals surface area contributed by atoms with Crippen LogP contribution in [-0.4, -0.2) is 53.3 Å². The van der Waals surface area contributed by atoms with Crippen LogP contribution in [0.15, 0.2) is 0 Å². The van der Waals surface area contributed by atoms with Crippen LogP contribution in [0.5, 0.6) is 0 Å². The maximum Gasteiger partial charge on any atom is 0.235 e. The minimum atomic E-state index is -0.852. The number of amides is 1. The summed E-state index contributed by atoms with van der Waals surface area (Å²) >= 11 is 5.11. The van der Waals surface area contributed by atoms with Gasteiger partial charge in [-0.3, -0.25) is 4.79 Å². The highest BCUT2D eigenvalue weighted by Crippen LogP contribution is 2.47. The van der Waals surface area contributed by atoms with Crippen LogP contribution >= 0.6 is 12.2 Å². The summed E-state index contributed by atoms with van der Waals surface area (Å²) in [6.07, 6.45) is 2.54. The smallest absolute Gasteiger partial charge is 0.235 e. The Bertz CT molecular complexity index is 401. The topological polar surface area (TPSA) is 75.8 Å². The van der Waals surface area contributed by atoms with Crippen LogP contribution in [0.3, 0.4) is 0 Å². The first-order valence-electron chi connectivity index (χ1n) is 7.15. The lowest BCUT2D eigenvalue weighted by molar-refractivity contribution is -0.149. The van der Waals surface area contributed by atoms with Crippen LogP contribution in [0, 0.1) is 11.3 Å². The molecule has 6 heteroatoms. The number of nitrogens with zero attached hydrogens (tertiary/aromatic N) is 1. The number of carbonyl (C=O) groups is 1. The van der Waals surface area contributed by atoms with Crippen LogP contribution < -0.4 is 5.73 Å². The molecule has 5 nitrogen and oxygen atoms in total. The summed E-state index contributed by atoms with van der Waals surface area (Å²) < 4.78 is 5.25. The second kappa shape index (κ2) is 5.58. The van der Waals surface area contributed by atoms with Crippen molar-refractivity contribution in [1.82, 2.24) is 4.90 Å². The molecule has 1 amide bonds. The van der Waals surface area contributed by atoms with Gasteiger partial charge in [0.15, 0.2) is 0 Å². The van der Waals surface area contributed by atoms with E-state index in [1.54, 1.807) is 11.9 Å². The zero-order valence-corrected chi connectivity index (χ0v) is 13.0. The molecule has 2 rings (SSSR count). The van der Waals surface area contributed by atoms with Gasteiger partial charge in [-0.15, -0.1) is 0 Å². The fraction of sp³-hybridized carbons (Fsp3) is 0.857. The predicted molar refractivity (Wildman–Crippen MR) is 80.3 cm³/mol. The highest BCUT2D eigenvalue weighted by atomic mass is 32.1. The summed E-state index contributed by atoms with van der Waals surface area (Å²) in [7, 11) is 1.72. The maximum absolute atomic E-state index is 12.7. The number of hydrogen-bond acceptors (Lipinski definition) is 4. The summed E-state index contributed by atoms with van der Waals surface area (Å²) in [5, 5.41) is 10.5. The van der Waals surface area contributed by atoms with Crippen molar-refractivity contribution < 1.29 is 14.6 Å². The van der Waals surface area contributed by atoms with Gasteiger partial charge in [0, 0.05) is 39.6 Å². The fourth-order valence-electron chi connectivity index (χ4n) is 3.40. The van der Waals surface area contributed by atoms with E-state index in [2.05, 4.69) is 6.92 Å². The summed E-state index contributed by atoms with van der Waals surface area (Å²) in [4.78, 5) is 14.5. The Labute approximate surface area is 125 Å². The Morgan fingerprint density at radius 2 is 2.00 bits per heavy atom. The molecule has 1 saturated carbocycles. The monoisotopic (exact) mass is 300 g/mol. The predicted octanol–water partition coefficient (Wildman–Crippen LogP) is 0.689. The van der Waals surface area contributed by atoms with Crippen molar-refractivity contribution in [2.45, 2.75) is 38.2 Å². The van der Waals surface area contributed by atoms with E-state index in [1.807, 2.05) is 0 Å². The summed E-state index contributed by atoms with van der Waals surface area (Å²) in [6, 6.07) is 0. The Morgan fingerprint density at radius 1 is 1.45 bits per heavy atom. The lowest BCUT2D eigenvalue weighted by Crippen LogP contribution is -2.58. The van der Waals surface area contributed by atoms with Crippen LogP contribution in [-0.2, 0) is 9.53 Å². The van der Waals surface area contributed by atoms with Crippen molar-refractivity contribution in [3.8, 4) is 0 Å². The van der Waals surface area contributed by atoms with E-state index in [-0.39, 0.29) is 10.9 Å². The SMILES string of the molecule is CC1CC(C(=O)N(C)CC2(O)CCOCC2)(C(N)=S)C1. The number of ether oxygens (including phenoxy) is 1. The van der Waals surface area contributed by atoms with Crippen molar-refractivity contribution in [3.05, 3.63) is 0 Å². The van der Waals surface area contributed by atoms with E-state index in [0.29, 0.717) is 51.4 Å². The zero-order chi connectivity index (χ0) is 15.0. The molecule has 114 valence electrons. The number of likely N-dealkylation sites (N-methyl/N-ethyl adjacent to an activating group) is 1. The number of rotatable bonds is 4. The average Bonchev–Trinajstić information content (AvgIpc) is 2.33. The fourth-order valence-corrected chi connectivity index (χ4v) is 3.65. The molecule has 0 spiro atoms. The molecule has 0 radical (unpaired) electrons. The van der Waals surface area contributed by atoms with Crippen molar-refractivity contribution in [1.29, 1.82) is 0 Å². The van der Waals surface area contributed by atoms with Crippen LogP contribution in [0.1, 0.15) is 32.6 Å². The third kappa shape index (κ3) is 2.82. The van der Waals surface area contributed by atoms with Gasteiger partial charge in [0.1, 0.15) is 0 Å². The van der Waals surface area contributed by atoms with E-state index in [0.717, 1.165) is 0 Å². The number of aliphatic hydroxyl groups is 1. The van der Waals surface area contributed by atoms with Gasteiger partial charge in [-0.05, 0) is 18.8 Å². The molecular formula is C14H24N2O3S. The number of thiocarbonyl (C=S) groups is 1. The lowest BCUT2D eigenvalue weighted by atomic mass is 9.61. The first-order valence-corrected chi connectivity index (χ1v) is 7.55. The Morgan fingerprint density at radius 3 is 2.45 bits per heavy atom. The first-order chi connectivity index (χ1) is 9.29. The van der Waals surface area contributed by atoms with Crippen molar-refractivity contribution >= 4 is 23.1 Å². The first kappa shape index (κ1) is 15.7. The number of nitrogens with two attached hydrogens (primary N) is 1. The molecule has 1 aliphatic heterocycles. The molecule has 20 heavy (non-hydrogen) atoms. The molecular weight excluding hydrogens is 276 g/mol.